The molecule has 6 heteroatoms. The third-order valence-electron chi connectivity index (χ3n) is 1.57. The van der Waals surface area contributed by atoms with Gasteiger partial charge in [0.1, 0.15) is 0 Å². The molecule has 0 spiro atoms. The molecule has 0 unspecified atom stereocenters. The summed E-state index contributed by atoms with van der Waals surface area (Å²) in [6.45, 7) is 0.946. The van der Waals surface area contributed by atoms with Gasteiger partial charge in [0.05, 0.1) is 34.1 Å². The van der Waals surface area contributed by atoms with E-state index in [1.807, 2.05) is 0 Å². The molecule has 1 aliphatic rings. The van der Waals surface area contributed by atoms with E-state index in [4.69, 9.17) is 0 Å². The molecule has 0 amide bonds. The van der Waals surface area contributed by atoms with E-state index in [-0.39, 0.29) is 0 Å². The van der Waals surface area contributed by atoms with Gasteiger partial charge in [-0.1, -0.05) is 0 Å². The molecule has 1 aliphatic heterocycles. The fraction of sp³-hybridized carbons (Fsp3) is 1.00. The number of nitrogens with zero attached hydrogens (tertiary/aromatic N) is 5. The summed E-state index contributed by atoms with van der Waals surface area (Å²) in [7, 11) is 6.33. The third-order valence-corrected chi connectivity index (χ3v) is 1.97. The van der Waals surface area contributed by atoms with Crippen LogP contribution in [0.5, 0.6) is 0 Å². The van der Waals surface area contributed by atoms with Crippen LogP contribution in [0.4, 0.5) is 0 Å². The molecule has 0 N–H and O–H groups in total. The molecule has 1 rings (SSSR count). The van der Waals surface area contributed by atoms with Gasteiger partial charge in [-0.2, -0.15) is 0 Å². The van der Waals surface area contributed by atoms with Crippen LogP contribution in [0.3, 0.4) is 0 Å². The van der Waals surface area contributed by atoms with Crippen molar-refractivity contribution in [3.63, 3.8) is 0 Å². The average molecular weight is 188 g/mol. The standard InChI is InChI=1S/C6H13N5S/c1-11(2,3)5-4-6(12)7-9-10-8-6/h4-5H2,1-3H3/p+1. The summed E-state index contributed by atoms with van der Waals surface area (Å²) < 4.78 is 0.868. The first-order valence-electron chi connectivity index (χ1n) is 3.78. The van der Waals surface area contributed by atoms with Gasteiger partial charge >= 0.3 is 0 Å². The van der Waals surface area contributed by atoms with Crippen molar-refractivity contribution in [2.24, 2.45) is 20.7 Å². The normalized spacial score (nSPS) is 20.3. The molecule has 0 fully saturated rings. The first kappa shape index (κ1) is 9.60. The maximum atomic E-state index is 4.26. The number of hydrogen-bond donors (Lipinski definition) is 1. The zero-order chi connectivity index (χ0) is 9.24. The van der Waals surface area contributed by atoms with Gasteiger partial charge in [0, 0.05) is 0 Å². The van der Waals surface area contributed by atoms with E-state index in [1.54, 1.807) is 0 Å². The van der Waals surface area contributed by atoms with E-state index in [2.05, 4.69) is 54.4 Å². The van der Waals surface area contributed by atoms with Crippen LogP contribution in [0, 0.1) is 0 Å². The van der Waals surface area contributed by atoms with Crippen molar-refractivity contribution in [2.45, 2.75) is 11.4 Å². The summed E-state index contributed by atoms with van der Waals surface area (Å²) in [5.41, 5.74) is 0. The zero-order valence-corrected chi connectivity index (χ0v) is 8.49. The molecule has 0 aliphatic carbocycles. The Bertz CT molecular complexity index is 204. The summed E-state index contributed by atoms with van der Waals surface area (Å²) in [6.07, 6.45) is 0.757. The van der Waals surface area contributed by atoms with Crippen molar-refractivity contribution < 1.29 is 4.48 Å². The first-order chi connectivity index (χ1) is 5.41. The SMILES string of the molecule is C[N+](C)(C)CCC1(S)N=NN=N1. The maximum absolute atomic E-state index is 4.26. The molecule has 0 atom stereocenters. The Balaban J connectivity index is 2.42. The Kier molecular flexibility index (Phi) is 2.48. The lowest BCUT2D eigenvalue weighted by Crippen LogP contribution is -2.38. The summed E-state index contributed by atoms with van der Waals surface area (Å²) >= 11 is 4.26. The molecule has 0 radical (unpaired) electrons. The Morgan fingerprint density at radius 2 is 1.67 bits per heavy atom. The van der Waals surface area contributed by atoms with Crippen molar-refractivity contribution in [2.75, 3.05) is 27.7 Å². The van der Waals surface area contributed by atoms with Crippen molar-refractivity contribution in [3.8, 4) is 0 Å². The predicted octanol–water partition coefficient (Wildman–Crippen LogP) is 1.50. The van der Waals surface area contributed by atoms with Crippen LogP contribution >= 0.6 is 12.6 Å². The highest BCUT2D eigenvalue weighted by Gasteiger charge is 2.30. The first-order valence-corrected chi connectivity index (χ1v) is 4.23. The molecule has 0 aromatic rings. The fourth-order valence-corrected chi connectivity index (χ4v) is 0.969. The van der Waals surface area contributed by atoms with E-state index in [0.29, 0.717) is 0 Å². The number of quaternary nitrogens is 1. The van der Waals surface area contributed by atoms with Crippen molar-refractivity contribution in [1.29, 1.82) is 0 Å². The van der Waals surface area contributed by atoms with Gasteiger partial charge in [0.15, 0.2) is 0 Å². The van der Waals surface area contributed by atoms with Gasteiger partial charge in [0.25, 0.3) is 0 Å². The van der Waals surface area contributed by atoms with Crippen LogP contribution in [0.2, 0.25) is 0 Å². The summed E-state index contributed by atoms with van der Waals surface area (Å²) in [6, 6.07) is 0. The smallest absolute Gasteiger partial charge is 0.243 e. The molecule has 1 heterocycles. The molecule has 0 aromatic carbocycles. The molecule has 68 valence electrons. The lowest BCUT2D eigenvalue weighted by Gasteiger charge is -2.25. The summed E-state index contributed by atoms with van der Waals surface area (Å²) in [5, 5.41) is 14.5. The monoisotopic (exact) mass is 188 g/mol. The highest BCUT2D eigenvalue weighted by Crippen LogP contribution is 2.28. The van der Waals surface area contributed by atoms with Crippen LogP contribution < -0.4 is 0 Å². The fourth-order valence-electron chi connectivity index (χ4n) is 0.789. The minimum Gasteiger partial charge on any atom is -0.331 e. The van der Waals surface area contributed by atoms with Crippen molar-refractivity contribution in [3.05, 3.63) is 0 Å². The number of rotatable bonds is 3. The Morgan fingerprint density at radius 3 is 2.08 bits per heavy atom. The zero-order valence-electron chi connectivity index (χ0n) is 7.60. The minimum absolute atomic E-state index is 0.703. The van der Waals surface area contributed by atoms with E-state index in [1.165, 1.54) is 0 Å². The second-order valence-electron chi connectivity index (χ2n) is 3.92. The van der Waals surface area contributed by atoms with Crippen LogP contribution in [0.15, 0.2) is 20.7 Å². The highest BCUT2D eigenvalue weighted by atomic mass is 32.1. The number of thiol groups is 1. The van der Waals surface area contributed by atoms with E-state index >= 15 is 0 Å². The maximum Gasteiger partial charge on any atom is 0.243 e. The van der Waals surface area contributed by atoms with Crippen molar-refractivity contribution in [1.82, 2.24) is 0 Å². The third kappa shape index (κ3) is 2.86. The second-order valence-corrected chi connectivity index (χ2v) is 4.63. The van der Waals surface area contributed by atoms with Crippen LogP contribution in [-0.2, 0) is 0 Å². The second kappa shape index (κ2) is 3.10. The number of hydrogen-bond acceptors (Lipinski definition) is 5. The largest absolute Gasteiger partial charge is 0.331 e. The van der Waals surface area contributed by atoms with Crippen LogP contribution in [0.25, 0.3) is 0 Å². The predicted molar refractivity (Wildman–Crippen MR) is 48.9 cm³/mol. The van der Waals surface area contributed by atoms with Gasteiger partial charge in [-0.3, -0.25) is 0 Å². The lowest BCUT2D eigenvalue weighted by atomic mass is 10.3. The van der Waals surface area contributed by atoms with Gasteiger partial charge in [0.2, 0.25) is 4.99 Å². The molecule has 0 bridgehead atoms. The van der Waals surface area contributed by atoms with E-state index < -0.39 is 4.99 Å². The van der Waals surface area contributed by atoms with Gasteiger partial charge in [-0.25, -0.2) is 0 Å². The van der Waals surface area contributed by atoms with Gasteiger partial charge in [-0.15, -0.1) is 22.9 Å². The Hall–Kier alpha value is -0.490. The summed E-state index contributed by atoms with van der Waals surface area (Å²) in [5.74, 6) is 0. The Labute approximate surface area is 77.5 Å². The van der Waals surface area contributed by atoms with Gasteiger partial charge in [-0.05, 0) is 10.4 Å². The highest BCUT2D eigenvalue weighted by molar-refractivity contribution is 7.81. The summed E-state index contributed by atoms with van der Waals surface area (Å²) in [4.78, 5) is -0.703. The topological polar surface area (TPSA) is 49.4 Å². The van der Waals surface area contributed by atoms with Crippen LogP contribution in [0.1, 0.15) is 6.42 Å². The molecule has 5 nitrogen and oxygen atoms in total. The quantitative estimate of drug-likeness (QED) is 0.515. The molecule has 0 saturated heterocycles. The van der Waals surface area contributed by atoms with Crippen LogP contribution in [-0.4, -0.2) is 37.2 Å². The lowest BCUT2D eigenvalue weighted by molar-refractivity contribution is -0.870. The van der Waals surface area contributed by atoms with Gasteiger partial charge < -0.3 is 4.48 Å². The van der Waals surface area contributed by atoms with E-state index in [0.717, 1.165) is 17.4 Å². The molecular formula is C6H14N5S+. The minimum atomic E-state index is -0.703. The molecular weight excluding hydrogens is 174 g/mol. The molecule has 0 aromatic heterocycles. The Morgan fingerprint density at radius 1 is 1.17 bits per heavy atom. The van der Waals surface area contributed by atoms with Crippen molar-refractivity contribution >= 4 is 12.6 Å². The van der Waals surface area contributed by atoms with E-state index in [9.17, 15) is 0 Å². The molecule has 0 saturated carbocycles. The average Bonchev–Trinajstić information content (AvgIpc) is 2.32. The molecule has 12 heavy (non-hydrogen) atoms.